The van der Waals surface area contributed by atoms with Crippen LogP contribution in [0.2, 0.25) is 18.1 Å². The lowest BCUT2D eigenvalue weighted by molar-refractivity contribution is 0.373. The molecule has 1 unspecified atom stereocenters. The predicted octanol–water partition coefficient (Wildman–Crippen LogP) is 2.62. The van der Waals surface area contributed by atoms with Gasteiger partial charge in [-0.25, -0.2) is 0 Å². The SMILES string of the molecule is CC(C)(C)[Si](C)(C)PCO. The van der Waals surface area contributed by atoms with E-state index in [0.29, 0.717) is 11.4 Å². The molecule has 62 valence electrons. The summed E-state index contributed by atoms with van der Waals surface area (Å²) in [6.07, 6.45) is 0.385. The Labute approximate surface area is 66.9 Å². The van der Waals surface area contributed by atoms with E-state index in [1.165, 1.54) is 0 Å². The average Bonchev–Trinajstić information content (AvgIpc) is 1.61. The Bertz CT molecular complexity index is 107. The maximum atomic E-state index is 8.81. The molecular weight excluding hydrogens is 159 g/mol. The Morgan fingerprint density at radius 2 is 1.70 bits per heavy atom. The average molecular weight is 178 g/mol. The normalized spacial score (nSPS) is 15.0. The minimum absolute atomic E-state index is 0.385. The Kier molecular flexibility index (Phi) is 3.54. The monoisotopic (exact) mass is 178 g/mol. The highest BCUT2D eigenvalue weighted by atomic mass is 31.3. The van der Waals surface area contributed by atoms with Crippen LogP contribution in [-0.2, 0) is 0 Å². The van der Waals surface area contributed by atoms with E-state index in [0.717, 1.165) is 8.13 Å². The molecule has 0 saturated heterocycles. The molecule has 0 heterocycles. The molecule has 1 N–H and O–H groups in total. The van der Waals surface area contributed by atoms with Crippen molar-refractivity contribution in [1.82, 2.24) is 0 Å². The van der Waals surface area contributed by atoms with Gasteiger partial charge in [0.25, 0.3) is 0 Å². The quantitative estimate of drug-likeness (QED) is 0.509. The molecule has 0 rings (SSSR count). The molecule has 0 fully saturated rings. The van der Waals surface area contributed by atoms with Gasteiger partial charge in [-0.05, 0) is 5.04 Å². The maximum Gasteiger partial charge on any atom is 0.0797 e. The van der Waals surface area contributed by atoms with Crippen LogP contribution >= 0.6 is 8.13 Å². The first-order chi connectivity index (χ1) is 4.31. The molecule has 0 spiro atoms. The van der Waals surface area contributed by atoms with Gasteiger partial charge in [-0.2, -0.15) is 0 Å². The van der Waals surface area contributed by atoms with Crippen molar-refractivity contribution in [3.05, 3.63) is 0 Å². The van der Waals surface area contributed by atoms with Gasteiger partial charge in [-0.3, -0.25) is 0 Å². The third-order valence-corrected chi connectivity index (χ3v) is 12.6. The topological polar surface area (TPSA) is 20.2 Å². The lowest BCUT2D eigenvalue weighted by atomic mass is 10.2. The molecule has 0 aromatic rings. The fourth-order valence-electron chi connectivity index (χ4n) is 0.463. The van der Waals surface area contributed by atoms with Gasteiger partial charge >= 0.3 is 0 Å². The molecule has 0 aromatic heterocycles. The third kappa shape index (κ3) is 2.69. The second kappa shape index (κ2) is 3.34. The molecule has 0 aliphatic rings. The molecule has 0 bridgehead atoms. The number of rotatable bonds is 2. The molecule has 1 atom stereocenters. The van der Waals surface area contributed by atoms with E-state index in [9.17, 15) is 0 Å². The first kappa shape index (κ1) is 10.6. The highest BCUT2D eigenvalue weighted by Crippen LogP contribution is 2.46. The van der Waals surface area contributed by atoms with Crippen LogP contribution in [0, 0.1) is 0 Å². The van der Waals surface area contributed by atoms with E-state index in [1.54, 1.807) is 0 Å². The van der Waals surface area contributed by atoms with Gasteiger partial charge in [0, 0.05) is 0 Å². The Morgan fingerprint density at radius 1 is 1.30 bits per heavy atom. The van der Waals surface area contributed by atoms with Crippen molar-refractivity contribution in [2.75, 3.05) is 6.35 Å². The largest absolute Gasteiger partial charge is 0.393 e. The second-order valence-electron chi connectivity index (χ2n) is 4.21. The van der Waals surface area contributed by atoms with Crippen LogP contribution in [0.25, 0.3) is 0 Å². The third-order valence-electron chi connectivity index (χ3n) is 2.40. The zero-order valence-corrected chi connectivity index (χ0v) is 9.65. The van der Waals surface area contributed by atoms with E-state index in [2.05, 4.69) is 33.9 Å². The highest BCUT2D eigenvalue weighted by molar-refractivity contribution is 7.81. The van der Waals surface area contributed by atoms with Gasteiger partial charge in [0.15, 0.2) is 0 Å². The molecular formula is C7H19OPSi. The molecule has 0 aromatic carbocycles. The van der Waals surface area contributed by atoms with Crippen molar-refractivity contribution < 1.29 is 5.11 Å². The first-order valence-electron chi connectivity index (χ1n) is 3.67. The Hall–Kier alpha value is 0.607. The fraction of sp³-hybridized carbons (Fsp3) is 1.00. The van der Waals surface area contributed by atoms with Crippen molar-refractivity contribution in [2.24, 2.45) is 0 Å². The summed E-state index contributed by atoms with van der Waals surface area (Å²) in [6, 6.07) is 0. The minimum atomic E-state index is -1.13. The van der Waals surface area contributed by atoms with Crippen molar-refractivity contribution in [3.8, 4) is 0 Å². The first-order valence-corrected chi connectivity index (χ1v) is 8.88. The van der Waals surface area contributed by atoms with Crippen molar-refractivity contribution in [3.63, 3.8) is 0 Å². The predicted molar refractivity (Wildman–Crippen MR) is 52.6 cm³/mol. The van der Waals surface area contributed by atoms with Crippen LogP contribution < -0.4 is 0 Å². The summed E-state index contributed by atoms with van der Waals surface area (Å²) >= 11 is 0. The minimum Gasteiger partial charge on any atom is -0.393 e. The van der Waals surface area contributed by atoms with Gasteiger partial charge < -0.3 is 5.11 Å². The standard InChI is InChI=1S/C7H19OPSi/c1-7(2,3)10(4,5)9-6-8/h8-9H,6H2,1-5H3. The van der Waals surface area contributed by atoms with Gasteiger partial charge in [0.2, 0.25) is 0 Å². The van der Waals surface area contributed by atoms with Crippen LogP contribution in [0.5, 0.6) is 0 Å². The molecule has 1 nitrogen and oxygen atoms in total. The van der Waals surface area contributed by atoms with E-state index in [-0.39, 0.29) is 0 Å². The molecule has 0 aliphatic carbocycles. The van der Waals surface area contributed by atoms with E-state index >= 15 is 0 Å². The Morgan fingerprint density at radius 3 is 1.80 bits per heavy atom. The molecule has 10 heavy (non-hydrogen) atoms. The van der Waals surface area contributed by atoms with Crippen molar-refractivity contribution in [2.45, 2.75) is 38.9 Å². The van der Waals surface area contributed by atoms with Crippen LogP contribution in [0.15, 0.2) is 0 Å². The number of hydrogen-bond donors (Lipinski definition) is 1. The smallest absolute Gasteiger partial charge is 0.0797 e. The van der Waals surface area contributed by atoms with Crippen molar-refractivity contribution >= 4 is 15.9 Å². The summed E-state index contributed by atoms with van der Waals surface area (Å²) < 4.78 is 0. The van der Waals surface area contributed by atoms with Gasteiger partial charge in [0.1, 0.15) is 0 Å². The molecule has 0 saturated carbocycles. The second-order valence-corrected chi connectivity index (χ2v) is 14.4. The summed E-state index contributed by atoms with van der Waals surface area (Å²) in [5.41, 5.74) is 0. The summed E-state index contributed by atoms with van der Waals surface area (Å²) in [5.74, 6) is 0. The molecule has 0 radical (unpaired) electrons. The van der Waals surface area contributed by atoms with Crippen molar-refractivity contribution in [1.29, 1.82) is 0 Å². The summed E-state index contributed by atoms with van der Waals surface area (Å²) in [6.45, 7) is 11.5. The summed E-state index contributed by atoms with van der Waals surface area (Å²) in [5, 5.41) is 9.25. The molecule has 0 amide bonds. The zero-order chi connectivity index (χ0) is 8.41. The zero-order valence-electron chi connectivity index (χ0n) is 7.65. The van der Waals surface area contributed by atoms with Gasteiger partial charge in [0.05, 0.1) is 14.1 Å². The van der Waals surface area contributed by atoms with Crippen LogP contribution in [0.1, 0.15) is 20.8 Å². The van der Waals surface area contributed by atoms with E-state index in [4.69, 9.17) is 5.11 Å². The number of aliphatic hydroxyl groups is 1. The summed E-state index contributed by atoms with van der Waals surface area (Å²) in [7, 11) is -0.340. The van der Waals surface area contributed by atoms with Crippen LogP contribution in [-0.4, -0.2) is 19.2 Å². The molecule has 3 heteroatoms. The highest BCUT2D eigenvalue weighted by Gasteiger charge is 2.34. The fourth-order valence-corrected chi connectivity index (χ4v) is 4.17. The van der Waals surface area contributed by atoms with Crippen LogP contribution in [0.4, 0.5) is 0 Å². The summed E-state index contributed by atoms with van der Waals surface area (Å²) in [4.78, 5) is 0. The lowest BCUT2D eigenvalue weighted by Gasteiger charge is -2.36. The van der Waals surface area contributed by atoms with E-state index in [1.807, 2.05) is 0 Å². The lowest BCUT2D eigenvalue weighted by Crippen LogP contribution is -2.32. The number of hydrogen-bond acceptors (Lipinski definition) is 1. The van der Waals surface area contributed by atoms with E-state index < -0.39 is 7.74 Å². The molecule has 0 aliphatic heterocycles. The maximum absolute atomic E-state index is 8.81. The Balaban J connectivity index is 4.10. The van der Waals surface area contributed by atoms with Crippen LogP contribution in [0.3, 0.4) is 0 Å². The van der Waals surface area contributed by atoms with Gasteiger partial charge in [-0.1, -0.05) is 33.9 Å². The number of aliphatic hydroxyl groups excluding tert-OH is 1. The van der Waals surface area contributed by atoms with Gasteiger partial charge in [-0.15, -0.1) is 8.13 Å².